The molecule has 0 amide bonds. The lowest BCUT2D eigenvalue weighted by molar-refractivity contribution is 0.301. The summed E-state index contributed by atoms with van der Waals surface area (Å²) in [6.07, 6.45) is 0. The standard InChI is InChI=1S/C18H22FNO.ClH/c1-14(2)11-20-12-16-5-3-4-6-18(16)21-13-15-7-9-17(19)10-8-15;/h3-10,14,20H,11-13H2,1-2H3;1H. The van der Waals surface area contributed by atoms with Crippen LogP contribution in [0.25, 0.3) is 0 Å². The van der Waals surface area contributed by atoms with E-state index in [1.807, 2.05) is 18.2 Å². The Morgan fingerprint density at radius 2 is 1.73 bits per heavy atom. The minimum atomic E-state index is -0.225. The van der Waals surface area contributed by atoms with Crippen molar-refractivity contribution >= 4 is 12.4 Å². The van der Waals surface area contributed by atoms with Crippen LogP contribution in [0.3, 0.4) is 0 Å². The SMILES string of the molecule is CC(C)CNCc1ccccc1OCc1ccc(F)cc1.Cl. The van der Waals surface area contributed by atoms with Crippen molar-refractivity contribution in [3.63, 3.8) is 0 Å². The van der Waals surface area contributed by atoms with Gasteiger partial charge < -0.3 is 10.1 Å². The van der Waals surface area contributed by atoms with Crippen LogP contribution < -0.4 is 10.1 Å². The molecule has 0 saturated carbocycles. The van der Waals surface area contributed by atoms with Crippen molar-refractivity contribution in [3.05, 3.63) is 65.5 Å². The van der Waals surface area contributed by atoms with Crippen LogP contribution in [0.2, 0.25) is 0 Å². The average Bonchev–Trinajstić information content (AvgIpc) is 2.47. The first kappa shape index (κ1) is 18.5. The van der Waals surface area contributed by atoms with Gasteiger partial charge in [0.25, 0.3) is 0 Å². The predicted molar refractivity (Wildman–Crippen MR) is 91.0 cm³/mol. The van der Waals surface area contributed by atoms with Crippen LogP contribution in [0.5, 0.6) is 5.75 Å². The van der Waals surface area contributed by atoms with Crippen LogP contribution >= 0.6 is 12.4 Å². The van der Waals surface area contributed by atoms with Gasteiger partial charge in [-0.15, -0.1) is 12.4 Å². The third kappa shape index (κ3) is 6.04. The van der Waals surface area contributed by atoms with Crippen LogP contribution in [0, 0.1) is 11.7 Å². The molecule has 1 N–H and O–H groups in total. The molecule has 2 aromatic carbocycles. The van der Waals surface area contributed by atoms with Crippen molar-refractivity contribution in [1.82, 2.24) is 5.32 Å². The molecule has 0 radical (unpaired) electrons. The van der Waals surface area contributed by atoms with Crippen LogP contribution in [0.4, 0.5) is 4.39 Å². The highest BCUT2D eigenvalue weighted by molar-refractivity contribution is 5.85. The highest BCUT2D eigenvalue weighted by atomic mass is 35.5. The van der Waals surface area contributed by atoms with E-state index < -0.39 is 0 Å². The van der Waals surface area contributed by atoms with Crippen molar-refractivity contribution in [2.24, 2.45) is 5.92 Å². The van der Waals surface area contributed by atoms with Gasteiger partial charge in [0.05, 0.1) is 0 Å². The summed E-state index contributed by atoms with van der Waals surface area (Å²) >= 11 is 0. The second-order valence-corrected chi connectivity index (χ2v) is 5.55. The van der Waals surface area contributed by atoms with E-state index in [0.717, 1.165) is 30.0 Å². The molecule has 2 rings (SSSR count). The molecule has 0 fully saturated rings. The molecule has 0 bridgehead atoms. The number of hydrogen-bond acceptors (Lipinski definition) is 2. The van der Waals surface area contributed by atoms with Gasteiger partial charge in [0.1, 0.15) is 18.2 Å². The van der Waals surface area contributed by atoms with Gasteiger partial charge in [-0.1, -0.05) is 44.2 Å². The predicted octanol–water partition coefficient (Wildman–Crippen LogP) is 4.57. The molecule has 0 aliphatic heterocycles. The van der Waals surface area contributed by atoms with Gasteiger partial charge in [-0.3, -0.25) is 0 Å². The van der Waals surface area contributed by atoms with Gasteiger partial charge >= 0.3 is 0 Å². The van der Waals surface area contributed by atoms with E-state index in [1.165, 1.54) is 12.1 Å². The summed E-state index contributed by atoms with van der Waals surface area (Å²) in [5.41, 5.74) is 2.10. The molecule has 0 aromatic heterocycles. The quantitative estimate of drug-likeness (QED) is 0.805. The Bertz CT molecular complexity index is 557. The van der Waals surface area contributed by atoms with E-state index >= 15 is 0 Å². The zero-order valence-electron chi connectivity index (χ0n) is 13.0. The highest BCUT2D eigenvalue weighted by Gasteiger charge is 2.04. The maximum Gasteiger partial charge on any atom is 0.124 e. The summed E-state index contributed by atoms with van der Waals surface area (Å²) in [5.74, 6) is 1.27. The van der Waals surface area contributed by atoms with E-state index in [1.54, 1.807) is 12.1 Å². The Hall–Kier alpha value is -1.58. The Labute approximate surface area is 138 Å². The molecule has 0 heterocycles. The molecule has 0 spiro atoms. The lowest BCUT2D eigenvalue weighted by Gasteiger charge is -2.13. The molecular weight excluding hydrogens is 301 g/mol. The first-order valence-electron chi connectivity index (χ1n) is 7.31. The monoisotopic (exact) mass is 323 g/mol. The molecule has 0 aliphatic carbocycles. The minimum Gasteiger partial charge on any atom is -0.489 e. The van der Waals surface area contributed by atoms with E-state index in [4.69, 9.17) is 4.74 Å². The fourth-order valence-electron chi connectivity index (χ4n) is 2.03. The van der Waals surface area contributed by atoms with Crippen LogP contribution in [-0.4, -0.2) is 6.54 Å². The minimum absolute atomic E-state index is 0. The Balaban J connectivity index is 0.00000242. The van der Waals surface area contributed by atoms with E-state index in [-0.39, 0.29) is 18.2 Å². The van der Waals surface area contributed by atoms with Gasteiger partial charge in [-0.05, 0) is 36.2 Å². The Morgan fingerprint density at radius 3 is 2.41 bits per heavy atom. The van der Waals surface area contributed by atoms with Crippen molar-refractivity contribution in [1.29, 1.82) is 0 Å². The third-order valence-corrected chi connectivity index (χ3v) is 3.15. The van der Waals surface area contributed by atoms with Crippen molar-refractivity contribution in [3.8, 4) is 5.75 Å². The second kappa shape index (κ2) is 9.44. The first-order chi connectivity index (χ1) is 10.1. The molecule has 4 heteroatoms. The topological polar surface area (TPSA) is 21.3 Å². The van der Waals surface area contributed by atoms with Crippen molar-refractivity contribution in [2.75, 3.05) is 6.54 Å². The summed E-state index contributed by atoms with van der Waals surface area (Å²) in [5, 5.41) is 3.42. The molecule has 2 aromatic rings. The van der Waals surface area contributed by atoms with Crippen molar-refractivity contribution in [2.45, 2.75) is 27.0 Å². The zero-order chi connectivity index (χ0) is 15.1. The number of nitrogens with one attached hydrogen (secondary N) is 1. The lowest BCUT2D eigenvalue weighted by atomic mass is 10.1. The molecule has 0 unspecified atom stereocenters. The molecule has 22 heavy (non-hydrogen) atoms. The van der Waals surface area contributed by atoms with E-state index in [0.29, 0.717) is 12.5 Å². The van der Waals surface area contributed by atoms with Gasteiger partial charge in [-0.2, -0.15) is 0 Å². The highest BCUT2D eigenvalue weighted by Crippen LogP contribution is 2.19. The largest absolute Gasteiger partial charge is 0.489 e. The summed E-state index contributed by atoms with van der Waals surface area (Å²) in [6, 6.07) is 14.4. The fourth-order valence-corrected chi connectivity index (χ4v) is 2.03. The van der Waals surface area contributed by atoms with Crippen molar-refractivity contribution < 1.29 is 9.13 Å². The summed E-state index contributed by atoms with van der Waals surface area (Å²) in [4.78, 5) is 0. The van der Waals surface area contributed by atoms with Gasteiger partial charge in [-0.25, -0.2) is 4.39 Å². The van der Waals surface area contributed by atoms with Crippen LogP contribution in [0.15, 0.2) is 48.5 Å². The van der Waals surface area contributed by atoms with Gasteiger partial charge in [0, 0.05) is 12.1 Å². The van der Waals surface area contributed by atoms with Crippen LogP contribution in [-0.2, 0) is 13.2 Å². The molecule has 2 nitrogen and oxygen atoms in total. The molecule has 0 aliphatic rings. The number of ether oxygens (including phenoxy) is 1. The van der Waals surface area contributed by atoms with E-state index in [9.17, 15) is 4.39 Å². The van der Waals surface area contributed by atoms with Crippen LogP contribution in [0.1, 0.15) is 25.0 Å². The molecule has 0 atom stereocenters. The third-order valence-electron chi connectivity index (χ3n) is 3.15. The number of rotatable bonds is 7. The number of hydrogen-bond donors (Lipinski definition) is 1. The first-order valence-corrected chi connectivity index (χ1v) is 7.31. The average molecular weight is 324 g/mol. The maximum absolute atomic E-state index is 12.9. The normalized spacial score (nSPS) is 10.4. The number of benzene rings is 2. The smallest absolute Gasteiger partial charge is 0.124 e. The summed E-state index contributed by atoms with van der Waals surface area (Å²) in [7, 11) is 0. The molecular formula is C18H23ClFNO. The zero-order valence-corrected chi connectivity index (χ0v) is 13.8. The summed E-state index contributed by atoms with van der Waals surface area (Å²) in [6.45, 7) is 6.58. The van der Waals surface area contributed by atoms with Gasteiger partial charge in [0.2, 0.25) is 0 Å². The molecule has 0 saturated heterocycles. The number of halogens is 2. The number of para-hydroxylation sites is 1. The maximum atomic E-state index is 12.9. The summed E-state index contributed by atoms with van der Waals surface area (Å²) < 4.78 is 18.7. The van der Waals surface area contributed by atoms with E-state index in [2.05, 4.69) is 25.2 Å². The fraction of sp³-hybridized carbons (Fsp3) is 0.333. The Kier molecular flexibility index (Phi) is 7.92. The van der Waals surface area contributed by atoms with Gasteiger partial charge in [0.15, 0.2) is 0 Å². The molecule has 120 valence electrons. The lowest BCUT2D eigenvalue weighted by Crippen LogP contribution is -2.19. The Morgan fingerprint density at radius 1 is 1.05 bits per heavy atom. The second-order valence-electron chi connectivity index (χ2n) is 5.55.